The molecule has 0 aromatic rings. The second-order valence-corrected chi connectivity index (χ2v) is 6.49. The zero-order valence-corrected chi connectivity index (χ0v) is 13.5. The minimum absolute atomic E-state index is 0.0825. The number of carbonyl (C=O) groups excluding carboxylic acids is 1. The van der Waals surface area contributed by atoms with Crippen LogP contribution in [0.25, 0.3) is 0 Å². The standard InChI is InChI=1S/C12H17F5O2S2/c1-4-19-9(18)7-8(10(20-5-2)21-6-3)11(13,14)12(15,16)17/h4-7H2,1-3H3. The van der Waals surface area contributed by atoms with E-state index in [0.29, 0.717) is 11.5 Å². The number of alkyl halides is 5. The van der Waals surface area contributed by atoms with Gasteiger partial charge in [-0.15, -0.1) is 23.5 Å². The molecule has 0 unspecified atom stereocenters. The van der Waals surface area contributed by atoms with Crippen molar-refractivity contribution >= 4 is 29.5 Å². The van der Waals surface area contributed by atoms with E-state index in [4.69, 9.17) is 0 Å². The van der Waals surface area contributed by atoms with Gasteiger partial charge in [-0.2, -0.15) is 22.0 Å². The lowest BCUT2D eigenvalue weighted by Crippen LogP contribution is -2.39. The summed E-state index contributed by atoms with van der Waals surface area (Å²) in [7, 11) is 0. The average molecular weight is 352 g/mol. The van der Waals surface area contributed by atoms with Crippen molar-refractivity contribution in [3.8, 4) is 0 Å². The number of carbonyl (C=O) groups is 1. The molecule has 0 heterocycles. The van der Waals surface area contributed by atoms with E-state index in [0.717, 1.165) is 23.5 Å². The maximum atomic E-state index is 13.7. The maximum Gasteiger partial charge on any atom is 0.457 e. The van der Waals surface area contributed by atoms with Gasteiger partial charge in [0, 0.05) is 9.81 Å². The summed E-state index contributed by atoms with van der Waals surface area (Å²) in [5.74, 6) is -5.51. The number of esters is 1. The van der Waals surface area contributed by atoms with Crippen LogP contribution in [0.4, 0.5) is 22.0 Å². The van der Waals surface area contributed by atoms with Crippen LogP contribution in [0.15, 0.2) is 9.81 Å². The third kappa shape index (κ3) is 6.06. The number of rotatable bonds is 8. The van der Waals surface area contributed by atoms with E-state index >= 15 is 0 Å². The fourth-order valence-corrected chi connectivity index (χ4v) is 3.63. The number of thioether (sulfide) groups is 2. The molecule has 0 aliphatic heterocycles. The van der Waals surface area contributed by atoms with Crippen molar-refractivity contribution in [1.29, 1.82) is 0 Å². The number of halogens is 5. The summed E-state index contributed by atoms with van der Waals surface area (Å²) in [5, 5.41) is 0. The molecule has 124 valence electrons. The Labute approximate surface area is 128 Å². The molecule has 0 saturated heterocycles. The molecular formula is C12H17F5O2S2. The molecule has 0 aliphatic carbocycles. The van der Waals surface area contributed by atoms with E-state index in [9.17, 15) is 26.7 Å². The predicted octanol–water partition coefficient (Wildman–Crippen LogP) is 4.86. The lowest BCUT2D eigenvalue weighted by Gasteiger charge is -2.24. The zero-order chi connectivity index (χ0) is 16.7. The number of ether oxygens (including phenoxy) is 1. The third-order valence-corrected chi connectivity index (χ3v) is 4.46. The fourth-order valence-electron chi connectivity index (χ4n) is 1.32. The van der Waals surface area contributed by atoms with Crippen LogP contribution in [0.3, 0.4) is 0 Å². The third-order valence-electron chi connectivity index (χ3n) is 2.16. The highest BCUT2D eigenvalue weighted by atomic mass is 32.2. The molecular weight excluding hydrogens is 335 g/mol. The predicted molar refractivity (Wildman–Crippen MR) is 75.5 cm³/mol. The first-order valence-electron chi connectivity index (χ1n) is 6.21. The molecule has 0 aliphatic rings. The Kier molecular flexibility index (Phi) is 8.69. The molecule has 0 aromatic heterocycles. The summed E-state index contributed by atoms with van der Waals surface area (Å²) in [6.07, 6.45) is -6.82. The molecule has 0 aromatic carbocycles. The molecule has 0 amide bonds. The van der Waals surface area contributed by atoms with Crippen LogP contribution in [-0.2, 0) is 9.53 Å². The molecule has 0 rings (SSSR count). The molecule has 2 nitrogen and oxygen atoms in total. The van der Waals surface area contributed by atoms with Gasteiger partial charge in [0.15, 0.2) is 0 Å². The maximum absolute atomic E-state index is 13.7. The fraction of sp³-hybridized carbons (Fsp3) is 0.750. The highest BCUT2D eigenvalue weighted by Crippen LogP contribution is 2.47. The zero-order valence-electron chi connectivity index (χ0n) is 11.9. The monoisotopic (exact) mass is 352 g/mol. The van der Waals surface area contributed by atoms with Gasteiger partial charge in [-0.3, -0.25) is 4.79 Å². The van der Waals surface area contributed by atoms with Gasteiger partial charge in [0.2, 0.25) is 0 Å². The molecule has 0 atom stereocenters. The first-order valence-corrected chi connectivity index (χ1v) is 8.18. The Morgan fingerprint density at radius 2 is 1.48 bits per heavy atom. The van der Waals surface area contributed by atoms with E-state index < -0.39 is 30.1 Å². The summed E-state index contributed by atoms with van der Waals surface area (Å²) >= 11 is 1.73. The topological polar surface area (TPSA) is 26.3 Å². The van der Waals surface area contributed by atoms with Crippen LogP contribution in [-0.4, -0.2) is 36.2 Å². The van der Waals surface area contributed by atoms with E-state index in [1.165, 1.54) is 6.92 Å². The Morgan fingerprint density at radius 1 is 1.00 bits per heavy atom. The molecule has 0 N–H and O–H groups in total. The van der Waals surface area contributed by atoms with Gasteiger partial charge < -0.3 is 4.74 Å². The van der Waals surface area contributed by atoms with Crippen LogP contribution < -0.4 is 0 Å². The Morgan fingerprint density at radius 3 is 1.81 bits per heavy atom. The van der Waals surface area contributed by atoms with Crippen molar-refractivity contribution in [2.45, 2.75) is 39.3 Å². The number of hydrogen-bond acceptors (Lipinski definition) is 4. The van der Waals surface area contributed by atoms with Crippen molar-refractivity contribution in [2.75, 3.05) is 18.1 Å². The largest absolute Gasteiger partial charge is 0.466 e. The first-order chi connectivity index (χ1) is 9.61. The molecule has 21 heavy (non-hydrogen) atoms. The SMILES string of the molecule is CCOC(=O)CC(=C(SCC)SCC)C(F)(F)C(F)(F)F. The van der Waals surface area contributed by atoms with Crippen molar-refractivity contribution in [3.05, 3.63) is 9.81 Å². The van der Waals surface area contributed by atoms with Crippen LogP contribution in [0.5, 0.6) is 0 Å². The summed E-state index contributed by atoms with van der Waals surface area (Å²) in [5.41, 5.74) is -1.23. The second kappa shape index (κ2) is 8.87. The molecule has 0 saturated carbocycles. The Hall–Kier alpha value is -0.440. The molecule has 0 fully saturated rings. The lowest BCUT2D eigenvalue weighted by molar-refractivity contribution is -0.265. The summed E-state index contributed by atoms with van der Waals surface area (Å²) < 4.78 is 69.5. The van der Waals surface area contributed by atoms with Crippen LogP contribution in [0, 0.1) is 0 Å². The van der Waals surface area contributed by atoms with E-state index in [-0.39, 0.29) is 10.8 Å². The van der Waals surface area contributed by atoms with Gasteiger partial charge in [0.25, 0.3) is 0 Å². The smallest absolute Gasteiger partial charge is 0.457 e. The van der Waals surface area contributed by atoms with E-state index in [1.807, 2.05) is 0 Å². The highest BCUT2D eigenvalue weighted by Gasteiger charge is 2.61. The Balaban J connectivity index is 5.74. The second-order valence-electron chi connectivity index (χ2n) is 3.69. The summed E-state index contributed by atoms with van der Waals surface area (Å²) in [6, 6.07) is 0. The van der Waals surface area contributed by atoms with Gasteiger partial charge in [-0.25, -0.2) is 0 Å². The van der Waals surface area contributed by atoms with Crippen LogP contribution in [0.2, 0.25) is 0 Å². The van der Waals surface area contributed by atoms with Gasteiger partial charge in [0.05, 0.1) is 13.0 Å². The van der Waals surface area contributed by atoms with Gasteiger partial charge >= 0.3 is 18.1 Å². The van der Waals surface area contributed by atoms with Crippen molar-refractivity contribution in [2.24, 2.45) is 0 Å². The van der Waals surface area contributed by atoms with Gasteiger partial charge in [-0.05, 0) is 18.4 Å². The lowest BCUT2D eigenvalue weighted by atomic mass is 10.1. The quantitative estimate of drug-likeness (QED) is 0.461. The van der Waals surface area contributed by atoms with Crippen molar-refractivity contribution in [1.82, 2.24) is 0 Å². The van der Waals surface area contributed by atoms with Crippen LogP contribution >= 0.6 is 23.5 Å². The average Bonchev–Trinajstić information content (AvgIpc) is 2.34. The normalized spacial score (nSPS) is 12.2. The summed E-state index contributed by atoms with van der Waals surface area (Å²) in [6.45, 7) is 4.63. The molecule has 9 heteroatoms. The van der Waals surface area contributed by atoms with Crippen LogP contribution in [0.1, 0.15) is 27.2 Å². The highest BCUT2D eigenvalue weighted by molar-refractivity contribution is 8.22. The van der Waals surface area contributed by atoms with Crippen molar-refractivity contribution in [3.63, 3.8) is 0 Å². The van der Waals surface area contributed by atoms with Gasteiger partial charge in [0.1, 0.15) is 0 Å². The van der Waals surface area contributed by atoms with Crippen molar-refractivity contribution < 1.29 is 31.5 Å². The minimum atomic E-state index is -5.75. The molecule has 0 radical (unpaired) electrons. The van der Waals surface area contributed by atoms with E-state index in [2.05, 4.69) is 4.74 Å². The summed E-state index contributed by atoms with van der Waals surface area (Å²) in [4.78, 5) is 11.4. The van der Waals surface area contributed by atoms with Gasteiger partial charge in [-0.1, -0.05) is 13.8 Å². The molecule has 0 spiro atoms. The Bertz CT molecular complexity index is 372. The number of hydrogen-bond donors (Lipinski definition) is 0. The minimum Gasteiger partial charge on any atom is -0.466 e. The van der Waals surface area contributed by atoms with E-state index in [1.54, 1.807) is 13.8 Å². The first kappa shape index (κ1) is 20.6. The molecule has 0 bridgehead atoms.